The maximum absolute atomic E-state index is 12.5. The van der Waals surface area contributed by atoms with Crippen LogP contribution in [0.5, 0.6) is 0 Å². The normalized spacial score (nSPS) is 23.0. The first-order valence-corrected chi connectivity index (χ1v) is 9.19. The molecule has 7 nitrogen and oxygen atoms in total. The number of nitrogens with zero attached hydrogens (tertiary/aromatic N) is 4. The van der Waals surface area contributed by atoms with Gasteiger partial charge in [-0.1, -0.05) is 0 Å². The number of hydrogen-bond donors (Lipinski definition) is 1. The summed E-state index contributed by atoms with van der Waals surface area (Å²) >= 11 is 0. The van der Waals surface area contributed by atoms with Crippen molar-refractivity contribution >= 4 is 5.91 Å². The fourth-order valence-corrected chi connectivity index (χ4v) is 3.81. The van der Waals surface area contributed by atoms with Gasteiger partial charge in [0.1, 0.15) is 6.54 Å². The summed E-state index contributed by atoms with van der Waals surface area (Å²) in [4.78, 5) is 28.7. The van der Waals surface area contributed by atoms with Crippen molar-refractivity contribution in [3.8, 4) is 0 Å². The van der Waals surface area contributed by atoms with E-state index in [1.807, 2.05) is 18.7 Å². The van der Waals surface area contributed by atoms with Crippen molar-refractivity contribution in [2.45, 2.75) is 58.2 Å². The number of amides is 1. The molecule has 0 aromatic carbocycles. The average molecular weight is 348 g/mol. The second-order valence-corrected chi connectivity index (χ2v) is 7.31. The highest BCUT2D eigenvalue weighted by atomic mass is 16.3. The summed E-state index contributed by atoms with van der Waals surface area (Å²) in [5.74, 6) is -0.0463. The number of piperidine rings is 2. The molecule has 3 heterocycles. The number of likely N-dealkylation sites (tertiary alicyclic amines) is 2. The highest BCUT2D eigenvalue weighted by molar-refractivity contribution is 5.76. The molecule has 0 radical (unpaired) electrons. The van der Waals surface area contributed by atoms with Crippen molar-refractivity contribution in [3.05, 3.63) is 27.7 Å². The first kappa shape index (κ1) is 18.1. The van der Waals surface area contributed by atoms with Gasteiger partial charge in [0, 0.05) is 31.7 Å². The van der Waals surface area contributed by atoms with E-state index < -0.39 is 0 Å². The lowest BCUT2D eigenvalue weighted by Crippen LogP contribution is -2.51. The Balaban J connectivity index is 1.55. The first-order chi connectivity index (χ1) is 11.9. The van der Waals surface area contributed by atoms with Gasteiger partial charge in [-0.05, 0) is 51.6 Å². The summed E-state index contributed by atoms with van der Waals surface area (Å²) in [6.07, 6.45) is 3.57. The lowest BCUT2D eigenvalue weighted by molar-refractivity contribution is -0.133. The first-order valence-electron chi connectivity index (χ1n) is 9.19. The fraction of sp³-hybridized carbons (Fsp3) is 0.722. The van der Waals surface area contributed by atoms with Crippen LogP contribution in [0.2, 0.25) is 0 Å². The smallest absolute Gasteiger partial charge is 0.267 e. The molecular weight excluding hydrogens is 320 g/mol. The minimum atomic E-state index is -0.228. The van der Waals surface area contributed by atoms with E-state index >= 15 is 0 Å². The highest BCUT2D eigenvalue weighted by Crippen LogP contribution is 2.21. The molecule has 1 N–H and O–H groups in total. The van der Waals surface area contributed by atoms with Gasteiger partial charge in [-0.3, -0.25) is 14.5 Å². The average Bonchev–Trinajstić information content (AvgIpc) is 2.60. The molecule has 1 aromatic rings. The van der Waals surface area contributed by atoms with Gasteiger partial charge in [0.2, 0.25) is 5.91 Å². The predicted molar refractivity (Wildman–Crippen MR) is 94.4 cm³/mol. The summed E-state index contributed by atoms with van der Waals surface area (Å²) in [7, 11) is 0. The molecule has 1 aromatic heterocycles. The van der Waals surface area contributed by atoms with Crippen LogP contribution in [-0.2, 0) is 11.3 Å². The van der Waals surface area contributed by atoms with E-state index in [2.05, 4.69) is 10.00 Å². The predicted octanol–water partition coefficient (Wildman–Crippen LogP) is 0.308. The Morgan fingerprint density at radius 3 is 2.64 bits per heavy atom. The number of aliphatic hydroxyl groups excluding tert-OH is 1. The van der Waals surface area contributed by atoms with Gasteiger partial charge in [-0.25, -0.2) is 4.68 Å². The summed E-state index contributed by atoms with van der Waals surface area (Å²) in [6.45, 7) is 6.89. The SMILES string of the molecule is Cc1cc(=O)n(CC(=O)N2CCC(N3CCCC(O)C3)CC2)nc1C. The van der Waals surface area contributed by atoms with E-state index in [9.17, 15) is 14.7 Å². The third-order valence-electron chi connectivity index (χ3n) is 5.48. The van der Waals surface area contributed by atoms with E-state index in [-0.39, 0.29) is 24.1 Å². The molecule has 2 aliphatic heterocycles. The quantitative estimate of drug-likeness (QED) is 0.850. The van der Waals surface area contributed by atoms with E-state index in [0.29, 0.717) is 19.1 Å². The van der Waals surface area contributed by atoms with Crippen LogP contribution < -0.4 is 5.56 Å². The lowest BCUT2D eigenvalue weighted by Gasteiger charge is -2.41. The van der Waals surface area contributed by atoms with Crippen LogP contribution in [0.1, 0.15) is 36.9 Å². The molecule has 0 saturated carbocycles. The number of aromatic nitrogens is 2. The number of aliphatic hydroxyl groups is 1. The Morgan fingerprint density at radius 1 is 1.24 bits per heavy atom. The largest absolute Gasteiger partial charge is 0.392 e. The van der Waals surface area contributed by atoms with Crippen molar-refractivity contribution in [1.29, 1.82) is 0 Å². The molecule has 7 heteroatoms. The van der Waals surface area contributed by atoms with Crippen molar-refractivity contribution in [3.63, 3.8) is 0 Å². The summed E-state index contributed by atoms with van der Waals surface area (Å²) in [5.41, 5.74) is 1.39. The van der Waals surface area contributed by atoms with E-state index in [4.69, 9.17) is 0 Å². The zero-order chi connectivity index (χ0) is 18.0. The third kappa shape index (κ3) is 4.27. The van der Waals surface area contributed by atoms with Gasteiger partial charge < -0.3 is 10.0 Å². The number of aryl methyl sites for hydroxylation is 2. The van der Waals surface area contributed by atoms with Gasteiger partial charge in [0.15, 0.2) is 0 Å². The topological polar surface area (TPSA) is 78.7 Å². The van der Waals surface area contributed by atoms with Crippen LogP contribution in [0.4, 0.5) is 0 Å². The van der Waals surface area contributed by atoms with E-state index in [1.54, 1.807) is 0 Å². The van der Waals surface area contributed by atoms with Crippen molar-refractivity contribution < 1.29 is 9.90 Å². The van der Waals surface area contributed by atoms with Gasteiger partial charge in [0.25, 0.3) is 5.56 Å². The van der Waals surface area contributed by atoms with Crippen LogP contribution >= 0.6 is 0 Å². The number of hydrogen-bond acceptors (Lipinski definition) is 5. The summed E-state index contributed by atoms with van der Waals surface area (Å²) in [6, 6.07) is 1.98. The van der Waals surface area contributed by atoms with Gasteiger partial charge in [-0.2, -0.15) is 5.10 Å². The fourth-order valence-electron chi connectivity index (χ4n) is 3.81. The number of rotatable bonds is 3. The maximum atomic E-state index is 12.5. The molecule has 1 atom stereocenters. The van der Waals surface area contributed by atoms with Gasteiger partial charge in [0.05, 0.1) is 11.8 Å². The molecule has 25 heavy (non-hydrogen) atoms. The Kier molecular flexibility index (Phi) is 5.54. The van der Waals surface area contributed by atoms with Crippen LogP contribution in [0.25, 0.3) is 0 Å². The molecule has 1 amide bonds. The summed E-state index contributed by atoms with van der Waals surface area (Å²) in [5, 5.41) is 14.1. The lowest BCUT2D eigenvalue weighted by atomic mass is 9.99. The third-order valence-corrected chi connectivity index (χ3v) is 5.48. The molecule has 1 unspecified atom stereocenters. The second kappa shape index (κ2) is 7.66. The molecule has 138 valence electrons. The molecular formula is C18H28N4O3. The molecule has 3 rings (SSSR count). The number of carbonyl (C=O) groups is 1. The minimum absolute atomic E-state index is 0.00699. The van der Waals surface area contributed by atoms with E-state index in [1.165, 1.54) is 10.7 Å². The Bertz CT molecular complexity index is 679. The zero-order valence-corrected chi connectivity index (χ0v) is 15.1. The summed E-state index contributed by atoms with van der Waals surface area (Å²) < 4.78 is 1.26. The van der Waals surface area contributed by atoms with Gasteiger partial charge in [-0.15, -0.1) is 0 Å². The molecule has 2 fully saturated rings. The van der Waals surface area contributed by atoms with Crippen LogP contribution in [0, 0.1) is 13.8 Å². The van der Waals surface area contributed by atoms with Gasteiger partial charge >= 0.3 is 0 Å². The molecule has 0 bridgehead atoms. The monoisotopic (exact) mass is 348 g/mol. The van der Waals surface area contributed by atoms with Crippen LogP contribution in [-0.4, -0.2) is 68.9 Å². The standard InChI is InChI=1S/C18H28N4O3/c1-13-10-17(24)22(19-14(13)2)12-18(25)20-8-5-15(6-9-20)21-7-3-4-16(23)11-21/h10,15-16,23H,3-9,11-12H2,1-2H3. The van der Waals surface area contributed by atoms with Crippen molar-refractivity contribution in [2.75, 3.05) is 26.2 Å². The molecule has 0 spiro atoms. The number of β-amino-alcohol motifs (C(OH)–C–C–N with tert-alkyl or cyclic N) is 1. The zero-order valence-electron chi connectivity index (χ0n) is 15.1. The van der Waals surface area contributed by atoms with Crippen molar-refractivity contribution in [2.24, 2.45) is 0 Å². The van der Waals surface area contributed by atoms with Crippen LogP contribution in [0.15, 0.2) is 10.9 Å². The molecule has 2 aliphatic rings. The van der Waals surface area contributed by atoms with Crippen molar-refractivity contribution in [1.82, 2.24) is 19.6 Å². The maximum Gasteiger partial charge on any atom is 0.267 e. The number of carbonyl (C=O) groups excluding carboxylic acids is 1. The minimum Gasteiger partial charge on any atom is -0.392 e. The Labute approximate surface area is 148 Å². The molecule has 2 saturated heterocycles. The highest BCUT2D eigenvalue weighted by Gasteiger charge is 2.29. The second-order valence-electron chi connectivity index (χ2n) is 7.31. The molecule has 0 aliphatic carbocycles. The Morgan fingerprint density at radius 2 is 1.96 bits per heavy atom. The van der Waals surface area contributed by atoms with E-state index in [0.717, 1.165) is 50.0 Å². The Hall–Kier alpha value is -1.73. The van der Waals surface area contributed by atoms with Crippen LogP contribution in [0.3, 0.4) is 0 Å².